The number of para-hydroxylation sites is 1. The van der Waals surface area contributed by atoms with Crippen molar-refractivity contribution in [2.24, 2.45) is 0 Å². The van der Waals surface area contributed by atoms with Crippen LogP contribution < -0.4 is 10.3 Å². The molecule has 0 atom stereocenters. The van der Waals surface area contributed by atoms with Crippen LogP contribution in [0, 0.1) is 0 Å². The third-order valence-electron chi connectivity index (χ3n) is 5.50. The van der Waals surface area contributed by atoms with Crippen molar-refractivity contribution in [3.63, 3.8) is 0 Å². The summed E-state index contributed by atoms with van der Waals surface area (Å²) in [6.45, 7) is 2.71. The Labute approximate surface area is 194 Å². The van der Waals surface area contributed by atoms with Gasteiger partial charge in [0.1, 0.15) is 17.2 Å². The van der Waals surface area contributed by atoms with Crippen molar-refractivity contribution in [2.75, 3.05) is 7.11 Å². The highest BCUT2D eigenvalue weighted by molar-refractivity contribution is 7.98. The van der Waals surface area contributed by atoms with E-state index in [1.165, 1.54) is 11.8 Å². The SMILES string of the molecule is CCCCn1c(=O)c2ccccc2n2c(SCc3cc(-c4ccc(OC)cc4)no3)nnc12. The summed E-state index contributed by atoms with van der Waals surface area (Å²) in [4.78, 5) is 13.1. The molecule has 0 aliphatic carbocycles. The van der Waals surface area contributed by atoms with Crippen LogP contribution in [0.3, 0.4) is 0 Å². The van der Waals surface area contributed by atoms with Crippen molar-refractivity contribution in [3.8, 4) is 17.0 Å². The van der Waals surface area contributed by atoms with Gasteiger partial charge < -0.3 is 9.26 Å². The maximum Gasteiger partial charge on any atom is 0.262 e. The van der Waals surface area contributed by atoms with Crippen molar-refractivity contribution in [1.82, 2.24) is 24.3 Å². The van der Waals surface area contributed by atoms with Crippen molar-refractivity contribution in [2.45, 2.75) is 37.2 Å². The monoisotopic (exact) mass is 461 g/mol. The molecule has 0 saturated heterocycles. The van der Waals surface area contributed by atoms with Crippen LogP contribution in [0.2, 0.25) is 0 Å². The number of methoxy groups -OCH3 is 1. The fourth-order valence-corrected chi connectivity index (χ4v) is 4.57. The average Bonchev–Trinajstić information content (AvgIpc) is 3.50. The van der Waals surface area contributed by atoms with Gasteiger partial charge in [0, 0.05) is 18.2 Å². The summed E-state index contributed by atoms with van der Waals surface area (Å²) in [5, 5.41) is 14.3. The molecule has 0 saturated carbocycles. The van der Waals surface area contributed by atoms with Crippen molar-refractivity contribution < 1.29 is 9.26 Å². The summed E-state index contributed by atoms with van der Waals surface area (Å²) in [7, 11) is 1.64. The summed E-state index contributed by atoms with van der Waals surface area (Å²) >= 11 is 1.50. The number of rotatable bonds is 8. The minimum absolute atomic E-state index is 0.0325. The van der Waals surface area contributed by atoms with E-state index in [0.29, 0.717) is 28.6 Å². The van der Waals surface area contributed by atoms with Crippen LogP contribution >= 0.6 is 11.8 Å². The molecule has 5 aromatic rings. The van der Waals surface area contributed by atoms with Crippen LogP contribution in [0.5, 0.6) is 5.75 Å². The first-order valence-corrected chi connectivity index (χ1v) is 11.8. The predicted octanol–water partition coefficient (Wildman–Crippen LogP) is 4.80. The minimum Gasteiger partial charge on any atom is -0.497 e. The molecule has 0 N–H and O–H groups in total. The second-order valence-corrected chi connectivity index (χ2v) is 8.58. The predicted molar refractivity (Wildman–Crippen MR) is 128 cm³/mol. The van der Waals surface area contributed by atoms with E-state index in [0.717, 1.165) is 41.1 Å². The lowest BCUT2D eigenvalue weighted by Crippen LogP contribution is -2.23. The molecular formula is C24H23N5O3S. The van der Waals surface area contributed by atoms with Gasteiger partial charge in [-0.3, -0.25) is 13.8 Å². The second-order valence-electron chi connectivity index (χ2n) is 7.64. The van der Waals surface area contributed by atoms with Crippen molar-refractivity contribution in [1.29, 1.82) is 0 Å². The van der Waals surface area contributed by atoms with E-state index in [-0.39, 0.29) is 5.56 Å². The molecule has 168 valence electrons. The molecule has 5 rings (SSSR count). The van der Waals surface area contributed by atoms with Crippen LogP contribution in [0.15, 0.2) is 69.1 Å². The zero-order valence-corrected chi connectivity index (χ0v) is 19.2. The van der Waals surface area contributed by atoms with Gasteiger partial charge in [-0.2, -0.15) is 0 Å². The average molecular weight is 462 g/mol. The Bertz CT molecular complexity index is 1470. The summed E-state index contributed by atoms with van der Waals surface area (Å²) in [5.41, 5.74) is 2.48. The van der Waals surface area contributed by atoms with Gasteiger partial charge in [-0.25, -0.2) is 0 Å². The number of benzene rings is 2. The van der Waals surface area contributed by atoms with Crippen LogP contribution in [0.25, 0.3) is 27.9 Å². The van der Waals surface area contributed by atoms with Gasteiger partial charge in [-0.05, 0) is 42.8 Å². The molecule has 0 aliphatic rings. The second kappa shape index (κ2) is 9.11. The lowest BCUT2D eigenvalue weighted by molar-refractivity contribution is 0.397. The first kappa shape index (κ1) is 21.3. The van der Waals surface area contributed by atoms with Gasteiger partial charge in [0.05, 0.1) is 23.8 Å². The number of thioether (sulfide) groups is 1. The molecule has 0 fully saturated rings. The zero-order chi connectivity index (χ0) is 22.8. The number of fused-ring (bicyclic) bond motifs is 3. The Hall–Kier alpha value is -3.59. The molecule has 2 aromatic carbocycles. The third kappa shape index (κ3) is 4.00. The first-order chi connectivity index (χ1) is 16.2. The van der Waals surface area contributed by atoms with E-state index in [1.54, 1.807) is 11.7 Å². The maximum absolute atomic E-state index is 13.1. The van der Waals surface area contributed by atoms with Crippen LogP contribution in [-0.2, 0) is 12.3 Å². The van der Waals surface area contributed by atoms with Crippen molar-refractivity contribution >= 4 is 28.4 Å². The molecular weight excluding hydrogens is 438 g/mol. The van der Waals surface area contributed by atoms with Crippen LogP contribution in [-0.4, -0.2) is 31.4 Å². The number of aryl methyl sites for hydroxylation is 1. The van der Waals surface area contributed by atoms with Gasteiger partial charge in [0.2, 0.25) is 5.78 Å². The third-order valence-corrected chi connectivity index (χ3v) is 6.45. The lowest BCUT2D eigenvalue weighted by atomic mass is 10.1. The first-order valence-electron chi connectivity index (χ1n) is 10.8. The van der Waals surface area contributed by atoms with E-state index in [1.807, 2.05) is 59.0 Å². The molecule has 9 heteroatoms. The van der Waals surface area contributed by atoms with Gasteiger partial charge in [0.25, 0.3) is 5.56 Å². The molecule has 8 nitrogen and oxygen atoms in total. The van der Waals surface area contributed by atoms with E-state index >= 15 is 0 Å². The summed E-state index contributed by atoms with van der Waals surface area (Å²) in [6.07, 6.45) is 1.89. The quantitative estimate of drug-likeness (QED) is 0.307. The molecule has 0 amide bonds. The number of hydrogen-bond donors (Lipinski definition) is 0. The number of ether oxygens (including phenoxy) is 1. The van der Waals surface area contributed by atoms with E-state index < -0.39 is 0 Å². The zero-order valence-electron chi connectivity index (χ0n) is 18.4. The molecule has 0 spiro atoms. The van der Waals surface area contributed by atoms with E-state index in [9.17, 15) is 4.79 Å². The lowest BCUT2D eigenvalue weighted by Gasteiger charge is -2.10. The number of nitrogens with zero attached hydrogens (tertiary/aromatic N) is 5. The van der Waals surface area contributed by atoms with Gasteiger partial charge >= 0.3 is 0 Å². The van der Waals surface area contributed by atoms with Gasteiger partial charge in [-0.1, -0.05) is 42.4 Å². The van der Waals surface area contributed by atoms with E-state index in [2.05, 4.69) is 22.3 Å². The summed E-state index contributed by atoms with van der Waals surface area (Å²) < 4.78 is 14.4. The van der Waals surface area contributed by atoms with Gasteiger partial charge in [0.15, 0.2) is 5.16 Å². The normalized spacial score (nSPS) is 11.5. The highest BCUT2D eigenvalue weighted by Gasteiger charge is 2.17. The molecule has 0 aliphatic heterocycles. The molecule has 3 aromatic heterocycles. The Kier molecular flexibility index (Phi) is 5.87. The molecule has 0 bridgehead atoms. The van der Waals surface area contributed by atoms with Crippen LogP contribution in [0.1, 0.15) is 25.5 Å². The van der Waals surface area contributed by atoms with Crippen LogP contribution in [0.4, 0.5) is 0 Å². The fraction of sp³-hybridized carbons (Fsp3) is 0.250. The minimum atomic E-state index is -0.0325. The highest BCUT2D eigenvalue weighted by Crippen LogP contribution is 2.27. The molecule has 0 radical (unpaired) electrons. The topological polar surface area (TPSA) is 87.5 Å². The Morgan fingerprint density at radius 3 is 2.70 bits per heavy atom. The maximum atomic E-state index is 13.1. The smallest absolute Gasteiger partial charge is 0.262 e. The highest BCUT2D eigenvalue weighted by atomic mass is 32.2. The molecule has 0 unspecified atom stereocenters. The number of unbranched alkanes of at least 4 members (excludes halogenated alkanes) is 1. The van der Waals surface area contributed by atoms with Crippen molar-refractivity contribution in [3.05, 3.63) is 70.7 Å². The fourth-order valence-electron chi connectivity index (χ4n) is 3.76. The Balaban J connectivity index is 1.46. The largest absolute Gasteiger partial charge is 0.497 e. The summed E-state index contributed by atoms with van der Waals surface area (Å²) in [6, 6.07) is 17.2. The molecule has 3 heterocycles. The van der Waals surface area contributed by atoms with Gasteiger partial charge in [-0.15, -0.1) is 10.2 Å². The Morgan fingerprint density at radius 2 is 1.91 bits per heavy atom. The Morgan fingerprint density at radius 1 is 1.09 bits per heavy atom. The molecule has 33 heavy (non-hydrogen) atoms. The number of aromatic nitrogens is 5. The summed E-state index contributed by atoms with van der Waals surface area (Å²) in [5.74, 6) is 2.62. The standard InChI is InChI=1S/C24H23N5O3S/c1-3-4-13-28-22(30)19-7-5-6-8-21(19)29-23(28)25-26-24(29)33-15-18-14-20(27-32-18)16-9-11-17(31-2)12-10-16/h5-12,14H,3-4,13,15H2,1-2H3. The number of hydrogen-bond acceptors (Lipinski definition) is 7. The van der Waals surface area contributed by atoms with E-state index in [4.69, 9.17) is 9.26 Å².